The molecule has 0 amide bonds. The molecule has 3 nitrogen and oxygen atoms in total. The molecule has 0 atom stereocenters. The largest absolute Gasteiger partial charge is 0.248 e. The average molecular weight is 208 g/mol. The molecule has 0 unspecified atom stereocenters. The van der Waals surface area contributed by atoms with Gasteiger partial charge in [0.2, 0.25) is 0 Å². The van der Waals surface area contributed by atoms with E-state index in [1.54, 1.807) is 0 Å². The van der Waals surface area contributed by atoms with E-state index in [1.807, 2.05) is 48.5 Å². The second-order valence-corrected chi connectivity index (χ2v) is 3.59. The molecule has 0 radical (unpaired) electrons. The first kappa shape index (κ1) is 8.97. The van der Waals surface area contributed by atoms with Crippen molar-refractivity contribution in [3.05, 3.63) is 53.4 Å². The molecule has 3 rings (SSSR count). The third-order valence-corrected chi connectivity index (χ3v) is 2.65. The number of hydrogen-bond acceptors (Lipinski definition) is 3. The molecule has 0 aliphatic carbocycles. The number of nitrogens with zero attached hydrogens (tertiary/aromatic N) is 2. The third kappa shape index (κ3) is 1.18. The smallest absolute Gasteiger partial charge is 0.126 e. The first-order valence-electron chi connectivity index (χ1n) is 5.01. The number of para-hydroxylation sites is 2. The van der Waals surface area contributed by atoms with Gasteiger partial charge < -0.3 is 0 Å². The summed E-state index contributed by atoms with van der Waals surface area (Å²) in [4.78, 5) is 15.4. The zero-order valence-corrected chi connectivity index (χ0v) is 8.42. The summed E-state index contributed by atoms with van der Waals surface area (Å²) in [5, 5.41) is 4.74. The van der Waals surface area contributed by atoms with E-state index in [0.29, 0.717) is 5.69 Å². The van der Waals surface area contributed by atoms with Crippen molar-refractivity contribution < 1.29 is 0 Å². The van der Waals surface area contributed by atoms with Gasteiger partial charge >= 0.3 is 0 Å². The van der Waals surface area contributed by atoms with Gasteiger partial charge in [0, 0.05) is 10.8 Å². The SMILES string of the molecule is O=Nc1c2ccccc2nc2ccccc12. The normalized spacial score (nSPS) is 10.8. The Kier molecular flexibility index (Phi) is 1.90. The fraction of sp³-hybridized carbons (Fsp3) is 0. The Morgan fingerprint density at radius 1 is 0.812 bits per heavy atom. The maximum Gasteiger partial charge on any atom is 0.126 e. The predicted octanol–water partition coefficient (Wildman–Crippen LogP) is 3.79. The fourth-order valence-electron chi connectivity index (χ4n) is 1.92. The summed E-state index contributed by atoms with van der Waals surface area (Å²) in [6.45, 7) is 0. The zero-order chi connectivity index (χ0) is 11.0. The lowest BCUT2D eigenvalue weighted by atomic mass is 10.1. The van der Waals surface area contributed by atoms with Gasteiger partial charge in [-0.2, -0.15) is 0 Å². The van der Waals surface area contributed by atoms with Crippen LogP contribution in [0.15, 0.2) is 53.7 Å². The first-order chi connectivity index (χ1) is 7.90. The summed E-state index contributed by atoms with van der Waals surface area (Å²) in [6.07, 6.45) is 0. The van der Waals surface area contributed by atoms with Gasteiger partial charge in [-0.05, 0) is 17.3 Å². The number of fused-ring (bicyclic) bond motifs is 2. The minimum absolute atomic E-state index is 0.473. The van der Waals surface area contributed by atoms with E-state index < -0.39 is 0 Å². The summed E-state index contributed by atoms with van der Waals surface area (Å²) in [6, 6.07) is 15.1. The fourth-order valence-corrected chi connectivity index (χ4v) is 1.92. The van der Waals surface area contributed by atoms with E-state index in [9.17, 15) is 4.91 Å². The third-order valence-electron chi connectivity index (χ3n) is 2.65. The van der Waals surface area contributed by atoms with Gasteiger partial charge in [0.1, 0.15) is 5.69 Å². The van der Waals surface area contributed by atoms with Gasteiger partial charge in [-0.25, -0.2) is 4.98 Å². The van der Waals surface area contributed by atoms with Crippen molar-refractivity contribution in [3.63, 3.8) is 0 Å². The Labute approximate surface area is 91.7 Å². The number of rotatable bonds is 1. The van der Waals surface area contributed by atoms with Crippen LogP contribution in [-0.2, 0) is 0 Å². The molecule has 1 aromatic heterocycles. The van der Waals surface area contributed by atoms with Crippen molar-refractivity contribution in [3.8, 4) is 0 Å². The summed E-state index contributed by atoms with van der Waals surface area (Å²) in [7, 11) is 0. The molecular formula is C13H8N2O. The highest BCUT2D eigenvalue weighted by molar-refractivity contribution is 6.05. The lowest BCUT2D eigenvalue weighted by Gasteiger charge is -2.03. The van der Waals surface area contributed by atoms with Gasteiger partial charge in [0.25, 0.3) is 0 Å². The minimum Gasteiger partial charge on any atom is -0.248 e. The van der Waals surface area contributed by atoms with Crippen LogP contribution in [0.5, 0.6) is 0 Å². The molecule has 76 valence electrons. The first-order valence-corrected chi connectivity index (χ1v) is 5.01. The van der Waals surface area contributed by atoms with Crippen LogP contribution < -0.4 is 0 Å². The van der Waals surface area contributed by atoms with Crippen LogP contribution in [0.25, 0.3) is 21.8 Å². The van der Waals surface area contributed by atoms with Crippen LogP contribution in [0.3, 0.4) is 0 Å². The Hall–Kier alpha value is -2.29. The summed E-state index contributed by atoms with van der Waals surface area (Å²) in [5.74, 6) is 0. The number of benzene rings is 2. The maximum atomic E-state index is 11.0. The van der Waals surface area contributed by atoms with Gasteiger partial charge in [0.05, 0.1) is 11.0 Å². The van der Waals surface area contributed by atoms with Crippen LogP contribution in [0, 0.1) is 4.91 Å². The average Bonchev–Trinajstić information content (AvgIpc) is 2.36. The monoisotopic (exact) mass is 208 g/mol. The highest BCUT2D eigenvalue weighted by Crippen LogP contribution is 2.32. The standard InChI is InChI=1S/C13H8N2O/c16-15-13-9-5-1-3-7-11(9)14-12-8-4-2-6-10(12)13/h1-8H. The molecule has 2 aromatic carbocycles. The zero-order valence-electron chi connectivity index (χ0n) is 8.42. The Morgan fingerprint density at radius 3 is 1.81 bits per heavy atom. The van der Waals surface area contributed by atoms with E-state index in [0.717, 1.165) is 21.8 Å². The lowest BCUT2D eigenvalue weighted by molar-refractivity contribution is 1.47. The van der Waals surface area contributed by atoms with E-state index in [4.69, 9.17) is 0 Å². The molecule has 16 heavy (non-hydrogen) atoms. The molecule has 0 N–H and O–H groups in total. The van der Waals surface area contributed by atoms with Gasteiger partial charge in [-0.3, -0.25) is 0 Å². The second-order valence-electron chi connectivity index (χ2n) is 3.59. The second kappa shape index (κ2) is 3.38. The van der Waals surface area contributed by atoms with E-state index in [2.05, 4.69) is 10.2 Å². The van der Waals surface area contributed by atoms with E-state index in [-0.39, 0.29) is 0 Å². The summed E-state index contributed by atoms with van der Waals surface area (Å²) >= 11 is 0. The van der Waals surface area contributed by atoms with E-state index >= 15 is 0 Å². The van der Waals surface area contributed by atoms with Crippen LogP contribution >= 0.6 is 0 Å². The molecule has 3 aromatic rings. The van der Waals surface area contributed by atoms with Gasteiger partial charge in [-0.15, -0.1) is 4.91 Å². The molecule has 0 bridgehead atoms. The Morgan fingerprint density at radius 2 is 1.31 bits per heavy atom. The summed E-state index contributed by atoms with van der Waals surface area (Å²) < 4.78 is 0. The van der Waals surface area contributed by atoms with Gasteiger partial charge in [-0.1, -0.05) is 36.4 Å². The molecule has 1 heterocycles. The molecule has 3 heteroatoms. The molecule has 0 spiro atoms. The van der Waals surface area contributed by atoms with Crippen LogP contribution in [0.1, 0.15) is 0 Å². The highest BCUT2D eigenvalue weighted by Gasteiger charge is 2.07. The van der Waals surface area contributed by atoms with Crippen LogP contribution in [0.2, 0.25) is 0 Å². The highest BCUT2D eigenvalue weighted by atomic mass is 16.3. The number of pyridine rings is 1. The van der Waals surface area contributed by atoms with Crippen molar-refractivity contribution in [1.29, 1.82) is 0 Å². The molecular weight excluding hydrogens is 200 g/mol. The Balaban J connectivity index is 2.61. The summed E-state index contributed by atoms with van der Waals surface area (Å²) in [5.41, 5.74) is 2.08. The molecule has 0 aliphatic heterocycles. The van der Waals surface area contributed by atoms with Crippen molar-refractivity contribution in [2.24, 2.45) is 5.18 Å². The minimum atomic E-state index is 0.473. The predicted molar refractivity (Wildman–Crippen MR) is 64.7 cm³/mol. The molecule has 0 fully saturated rings. The number of nitroso groups, excluding NO2 is 1. The maximum absolute atomic E-state index is 11.0. The quantitative estimate of drug-likeness (QED) is 0.451. The molecule has 0 saturated carbocycles. The van der Waals surface area contributed by atoms with Crippen molar-refractivity contribution >= 4 is 27.5 Å². The lowest BCUT2D eigenvalue weighted by Crippen LogP contribution is -1.83. The number of hydrogen-bond donors (Lipinski definition) is 0. The van der Waals surface area contributed by atoms with Gasteiger partial charge in [0.15, 0.2) is 0 Å². The number of aromatic nitrogens is 1. The topological polar surface area (TPSA) is 42.3 Å². The van der Waals surface area contributed by atoms with Crippen LogP contribution in [0.4, 0.5) is 5.69 Å². The molecule has 0 saturated heterocycles. The Bertz CT molecular complexity index is 638. The van der Waals surface area contributed by atoms with Crippen molar-refractivity contribution in [1.82, 2.24) is 4.98 Å². The van der Waals surface area contributed by atoms with E-state index in [1.165, 1.54) is 0 Å². The van der Waals surface area contributed by atoms with Crippen molar-refractivity contribution in [2.75, 3.05) is 0 Å². The van der Waals surface area contributed by atoms with Crippen LogP contribution in [-0.4, -0.2) is 4.98 Å². The van der Waals surface area contributed by atoms with Crippen molar-refractivity contribution in [2.45, 2.75) is 0 Å². The molecule has 0 aliphatic rings.